The van der Waals surface area contributed by atoms with Gasteiger partial charge < -0.3 is 14.8 Å². The Morgan fingerprint density at radius 3 is 2.13 bits per heavy atom. The number of amides is 1. The van der Waals surface area contributed by atoms with Gasteiger partial charge in [0.25, 0.3) is 0 Å². The molecule has 1 atom stereocenters. The maximum atomic E-state index is 12.3. The second kappa shape index (κ2) is 12.8. The van der Waals surface area contributed by atoms with Crippen LogP contribution in [0.4, 0.5) is 0 Å². The van der Waals surface area contributed by atoms with Crippen molar-refractivity contribution in [3.05, 3.63) is 0 Å². The molecule has 0 aliphatic rings. The van der Waals surface area contributed by atoms with Crippen LogP contribution in [0.5, 0.6) is 0 Å². The highest BCUT2D eigenvalue weighted by molar-refractivity contribution is 5.82. The van der Waals surface area contributed by atoms with Crippen LogP contribution in [-0.4, -0.2) is 38.9 Å². The molecule has 0 bridgehead atoms. The summed E-state index contributed by atoms with van der Waals surface area (Å²) in [7, 11) is 1.69. The highest BCUT2D eigenvalue weighted by atomic mass is 16.5. The van der Waals surface area contributed by atoms with Crippen molar-refractivity contribution in [3.63, 3.8) is 0 Å². The van der Waals surface area contributed by atoms with E-state index in [1.807, 2.05) is 27.7 Å². The molecule has 4 nitrogen and oxygen atoms in total. The summed E-state index contributed by atoms with van der Waals surface area (Å²) in [4.78, 5) is 12.3. The number of hydrogen-bond acceptors (Lipinski definition) is 3. The van der Waals surface area contributed by atoms with Gasteiger partial charge in [0.2, 0.25) is 5.91 Å². The molecular formula is C19H41NO3. The minimum absolute atomic E-state index is 0.0320. The first-order valence-corrected chi connectivity index (χ1v) is 9.02. The van der Waals surface area contributed by atoms with E-state index in [1.165, 1.54) is 0 Å². The van der Waals surface area contributed by atoms with E-state index in [-0.39, 0.29) is 17.4 Å². The second-order valence-electron chi connectivity index (χ2n) is 7.49. The van der Waals surface area contributed by atoms with Gasteiger partial charge >= 0.3 is 0 Å². The summed E-state index contributed by atoms with van der Waals surface area (Å²) in [6.45, 7) is 17.9. The van der Waals surface area contributed by atoms with E-state index >= 15 is 0 Å². The van der Waals surface area contributed by atoms with Crippen molar-refractivity contribution in [3.8, 4) is 0 Å². The molecular weight excluding hydrogens is 290 g/mol. The largest absolute Gasteiger partial charge is 0.384 e. The Hall–Kier alpha value is -0.610. The van der Waals surface area contributed by atoms with Crippen molar-refractivity contribution >= 4 is 5.91 Å². The maximum Gasteiger partial charge on any atom is 0.228 e. The van der Waals surface area contributed by atoms with Crippen LogP contribution < -0.4 is 5.32 Å². The van der Waals surface area contributed by atoms with Gasteiger partial charge in [-0.15, -0.1) is 0 Å². The number of ether oxygens (including phenoxy) is 2. The fourth-order valence-electron chi connectivity index (χ4n) is 2.08. The van der Waals surface area contributed by atoms with E-state index < -0.39 is 5.41 Å². The molecule has 0 saturated carbocycles. The lowest BCUT2D eigenvalue weighted by Crippen LogP contribution is -2.44. The van der Waals surface area contributed by atoms with Crippen LogP contribution in [0.25, 0.3) is 0 Å². The molecule has 0 aromatic rings. The van der Waals surface area contributed by atoms with E-state index in [1.54, 1.807) is 7.11 Å². The summed E-state index contributed by atoms with van der Waals surface area (Å²) < 4.78 is 10.9. The Morgan fingerprint density at radius 1 is 1.09 bits per heavy atom. The van der Waals surface area contributed by atoms with Crippen molar-refractivity contribution < 1.29 is 14.3 Å². The van der Waals surface area contributed by atoms with Crippen LogP contribution in [0, 0.1) is 10.8 Å². The SMILES string of the molecule is CC.CCCCC(C)NC(=O)C(C)(C)COCC(C)(C)COC. The summed E-state index contributed by atoms with van der Waals surface area (Å²) in [6, 6.07) is 0.224. The third-order valence-corrected chi connectivity index (χ3v) is 3.47. The van der Waals surface area contributed by atoms with Gasteiger partial charge in [-0.25, -0.2) is 0 Å². The van der Waals surface area contributed by atoms with Gasteiger partial charge in [0, 0.05) is 18.6 Å². The molecule has 0 aromatic heterocycles. The molecule has 140 valence electrons. The molecule has 0 saturated heterocycles. The molecule has 1 N–H and O–H groups in total. The monoisotopic (exact) mass is 331 g/mol. The molecule has 0 radical (unpaired) electrons. The molecule has 1 unspecified atom stereocenters. The van der Waals surface area contributed by atoms with E-state index in [0.29, 0.717) is 19.8 Å². The van der Waals surface area contributed by atoms with E-state index in [2.05, 4.69) is 33.0 Å². The minimum Gasteiger partial charge on any atom is -0.384 e. The first-order chi connectivity index (χ1) is 10.6. The van der Waals surface area contributed by atoms with Crippen LogP contribution in [0.15, 0.2) is 0 Å². The fourth-order valence-corrected chi connectivity index (χ4v) is 2.08. The molecule has 0 fully saturated rings. The normalized spacial score (nSPS) is 13.1. The van der Waals surface area contributed by atoms with E-state index in [4.69, 9.17) is 9.47 Å². The number of methoxy groups -OCH3 is 1. The van der Waals surface area contributed by atoms with Gasteiger partial charge in [0.1, 0.15) is 0 Å². The quantitative estimate of drug-likeness (QED) is 0.609. The van der Waals surface area contributed by atoms with Gasteiger partial charge in [-0.1, -0.05) is 47.5 Å². The smallest absolute Gasteiger partial charge is 0.228 e. The number of nitrogens with one attached hydrogen (secondary N) is 1. The summed E-state index contributed by atoms with van der Waals surface area (Å²) in [5.41, 5.74) is -0.542. The minimum atomic E-state index is -0.510. The topological polar surface area (TPSA) is 47.6 Å². The lowest BCUT2D eigenvalue weighted by atomic mass is 9.92. The third kappa shape index (κ3) is 12.5. The summed E-state index contributed by atoms with van der Waals surface area (Å²) in [6.07, 6.45) is 3.32. The first kappa shape index (κ1) is 24.6. The average molecular weight is 332 g/mol. The van der Waals surface area contributed by atoms with E-state index in [9.17, 15) is 4.79 Å². The number of unbranched alkanes of at least 4 members (excludes halogenated alkanes) is 1. The molecule has 0 spiro atoms. The van der Waals surface area contributed by atoms with Gasteiger partial charge in [0.05, 0.1) is 25.2 Å². The molecule has 1 amide bonds. The maximum absolute atomic E-state index is 12.3. The lowest BCUT2D eigenvalue weighted by molar-refractivity contribution is -0.134. The van der Waals surface area contributed by atoms with Crippen LogP contribution >= 0.6 is 0 Å². The average Bonchev–Trinajstić information content (AvgIpc) is 2.46. The Kier molecular flexibility index (Phi) is 13.7. The number of carbonyl (C=O) groups excluding carboxylic acids is 1. The highest BCUT2D eigenvalue weighted by Crippen LogP contribution is 2.20. The Bertz CT molecular complexity index is 301. The number of carbonyl (C=O) groups is 1. The summed E-state index contributed by atoms with van der Waals surface area (Å²) in [5, 5.41) is 3.08. The van der Waals surface area contributed by atoms with Crippen molar-refractivity contribution in [2.75, 3.05) is 26.9 Å². The second-order valence-corrected chi connectivity index (χ2v) is 7.49. The van der Waals surface area contributed by atoms with Gasteiger partial charge in [-0.3, -0.25) is 4.79 Å². The standard InChI is InChI=1S/C17H35NO3.C2H6/c1-8-9-10-14(2)18-15(19)17(5,6)13-21-12-16(3,4)11-20-7;1-2/h14H,8-13H2,1-7H3,(H,18,19);1-2H3. The van der Waals surface area contributed by atoms with Crippen LogP contribution in [0.3, 0.4) is 0 Å². The Balaban J connectivity index is 0. The van der Waals surface area contributed by atoms with Crippen molar-refractivity contribution in [2.45, 2.75) is 80.7 Å². The molecule has 23 heavy (non-hydrogen) atoms. The highest BCUT2D eigenvalue weighted by Gasteiger charge is 2.30. The van der Waals surface area contributed by atoms with Crippen molar-refractivity contribution in [2.24, 2.45) is 10.8 Å². The molecule has 0 heterocycles. The van der Waals surface area contributed by atoms with Crippen LogP contribution in [0.1, 0.15) is 74.7 Å². The molecule has 0 rings (SSSR count). The lowest BCUT2D eigenvalue weighted by Gasteiger charge is -2.29. The predicted octanol–water partition coefficient (Wildman–Crippen LogP) is 4.42. The number of rotatable bonds is 11. The Labute approximate surface area is 144 Å². The predicted molar refractivity (Wildman–Crippen MR) is 98.7 cm³/mol. The van der Waals surface area contributed by atoms with E-state index in [0.717, 1.165) is 19.3 Å². The van der Waals surface area contributed by atoms with Crippen molar-refractivity contribution in [1.29, 1.82) is 0 Å². The third-order valence-electron chi connectivity index (χ3n) is 3.47. The fraction of sp³-hybridized carbons (Fsp3) is 0.947. The van der Waals surface area contributed by atoms with Gasteiger partial charge in [-0.2, -0.15) is 0 Å². The first-order valence-electron chi connectivity index (χ1n) is 9.02. The number of hydrogen-bond donors (Lipinski definition) is 1. The molecule has 4 heteroatoms. The van der Waals surface area contributed by atoms with Crippen LogP contribution in [0.2, 0.25) is 0 Å². The molecule has 0 aromatic carbocycles. The van der Waals surface area contributed by atoms with Crippen molar-refractivity contribution in [1.82, 2.24) is 5.32 Å². The molecule has 0 aliphatic carbocycles. The molecule has 0 aliphatic heterocycles. The summed E-state index contributed by atoms with van der Waals surface area (Å²) in [5.74, 6) is 0.0654. The van der Waals surface area contributed by atoms with Gasteiger partial charge in [-0.05, 0) is 27.2 Å². The zero-order valence-corrected chi connectivity index (χ0v) is 17.0. The zero-order valence-electron chi connectivity index (χ0n) is 17.0. The van der Waals surface area contributed by atoms with Gasteiger partial charge in [0.15, 0.2) is 0 Å². The Morgan fingerprint density at radius 2 is 1.65 bits per heavy atom. The summed E-state index contributed by atoms with van der Waals surface area (Å²) >= 11 is 0. The zero-order chi connectivity index (χ0) is 18.5. The van der Waals surface area contributed by atoms with Crippen LogP contribution in [-0.2, 0) is 14.3 Å².